The van der Waals surface area contributed by atoms with E-state index in [1.165, 1.54) is 24.3 Å². The summed E-state index contributed by atoms with van der Waals surface area (Å²) in [6.45, 7) is 5.78. The molecule has 2 saturated carbocycles. The molecule has 2 aliphatic carbocycles. The molecule has 1 aromatic rings. The second-order valence-electron chi connectivity index (χ2n) is 7.85. The summed E-state index contributed by atoms with van der Waals surface area (Å²) >= 11 is 0. The zero-order chi connectivity index (χ0) is 19.3. The molecule has 0 aromatic heterocycles. The van der Waals surface area contributed by atoms with Crippen LogP contribution in [0.5, 0.6) is 0 Å². The molecule has 0 spiro atoms. The van der Waals surface area contributed by atoms with Crippen LogP contribution in [0.15, 0.2) is 24.3 Å². The molecule has 2 fully saturated rings. The van der Waals surface area contributed by atoms with E-state index in [1.54, 1.807) is 0 Å². The van der Waals surface area contributed by atoms with Crippen LogP contribution < -0.4 is 10.9 Å². The molecule has 2 aliphatic rings. The zero-order valence-corrected chi connectivity index (χ0v) is 14.9. The first-order valence-corrected chi connectivity index (χ1v) is 8.44. The van der Waals surface area contributed by atoms with Crippen molar-refractivity contribution in [1.29, 1.82) is 0 Å². The monoisotopic (exact) mass is 359 g/mol. The van der Waals surface area contributed by atoms with Gasteiger partial charge < -0.3 is 0 Å². The summed E-state index contributed by atoms with van der Waals surface area (Å²) in [6, 6.07) is 5.06. The molecular weight excluding hydrogens is 338 g/mol. The van der Waals surface area contributed by atoms with Crippen molar-refractivity contribution >= 4 is 23.3 Å². The van der Waals surface area contributed by atoms with Gasteiger partial charge in [0.05, 0.1) is 10.3 Å². The van der Waals surface area contributed by atoms with Gasteiger partial charge in [-0.2, -0.15) is 0 Å². The Balaban J connectivity index is 1.70. The van der Waals surface area contributed by atoms with Gasteiger partial charge in [0.25, 0.3) is 11.6 Å². The first-order chi connectivity index (χ1) is 12.0. The van der Waals surface area contributed by atoms with Gasteiger partial charge in [0.2, 0.25) is 5.91 Å². The van der Waals surface area contributed by atoms with Crippen molar-refractivity contribution < 1.29 is 19.3 Å². The first-order valence-electron chi connectivity index (χ1n) is 8.44. The van der Waals surface area contributed by atoms with Crippen LogP contribution in [0.25, 0.3) is 0 Å². The predicted octanol–water partition coefficient (Wildman–Crippen LogP) is 2.14. The number of nitrogens with one attached hydrogen (secondary N) is 2. The molecule has 138 valence electrons. The molecule has 2 amide bonds. The van der Waals surface area contributed by atoms with Crippen molar-refractivity contribution in [3.63, 3.8) is 0 Å². The van der Waals surface area contributed by atoms with E-state index in [0.29, 0.717) is 12.8 Å². The Bertz CT molecular complexity index is 817. The highest BCUT2D eigenvalue weighted by Gasteiger charge is 2.72. The Morgan fingerprint density at radius 3 is 2.15 bits per heavy atom. The van der Waals surface area contributed by atoms with Crippen LogP contribution in [-0.2, 0) is 9.59 Å². The third-order valence-electron chi connectivity index (χ3n) is 6.77. The minimum absolute atomic E-state index is 0.0885. The number of nitro groups is 1. The third-order valence-corrected chi connectivity index (χ3v) is 6.77. The van der Waals surface area contributed by atoms with Gasteiger partial charge in [0.15, 0.2) is 0 Å². The number of carbonyl (C=O) groups excluding carboxylic acids is 3. The summed E-state index contributed by atoms with van der Waals surface area (Å²) < 4.78 is 0. The molecule has 3 rings (SSSR count). The fourth-order valence-corrected chi connectivity index (χ4v) is 4.40. The number of carbonyl (C=O) groups is 3. The van der Waals surface area contributed by atoms with E-state index in [0.717, 1.165) is 0 Å². The number of Topliss-reactive ketones (excluding diaryl/α,β-unsaturated/α-hetero) is 1. The van der Waals surface area contributed by atoms with Gasteiger partial charge in [-0.05, 0) is 30.4 Å². The van der Waals surface area contributed by atoms with E-state index >= 15 is 0 Å². The molecule has 0 radical (unpaired) electrons. The van der Waals surface area contributed by atoms with Crippen LogP contribution in [0.4, 0.5) is 5.69 Å². The van der Waals surface area contributed by atoms with Crippen molar-refractivity contribution in [2.24, 2.45) is 16.2 Å². The number of non-ortho nitro benzene ring substituents is 1. The Morgan fingerprint density at radius 1 is 1.08 bits per heavy atom. The van der Waals surface area contributed by atoms with Crippen LogP contribution >= 0.6 is 0 Å². The number of nitro benzene ring substituents is 1. The number of rotatable bonds is 3. The van der Waals surface area contributed by atoms with E-state index in [-0.39, 0.29) is 29.4 Å². The van der Waals surface area contributed by atoms with Crippen molar-refractivity contribution in [2.75, 3.05) is 0 Å². The van der Waals surface area contributed by atoms with Crippen LogP contribution in [0, 0.1) is 26.4 Å². The van der Waals surface area contributed by atoms with Gasteiger partial charge in [0, 0.05) is 29.5 Å². The Kier molecular flexibility index (Phi) is 3.90. The number of benzene rings is 1. The molecule has 1 aromatic carbocycles. The number of ketones is 1. The maximum Gasteiger partial charge on any atom is 0.269 e. The molecule has 2 bridgehead atoms. The lowest BCUT2D eigenvalue weighted by molar-refractivity contribution is -0.384. The second-order valence-corrected chi connectivity index (χ2v) is 7.85. The van der Waals surface area contributed by atoms with E-state index in [9.17, 15) is 24.5 Å². The van der Waals surface area contributed by atoms with Crippen LogP contribution in [0.3, 0.4) is 0 Å². The highest BCUT2D eigenvalue weighted by molar-refractivity contribution is 6.01. The molecule has 0 heterocycles. The lowest BCUT2D eigenvalue weighted by Crippen LogP contribution is -2.52. The highest BCUT2D eigenvalue weighted by Crippen LogP contribution is 2.70. The summed E-state index contributed by atoms with van der Waals surface area (Å²) in [5.41, 5.74) is 3.00. The second kappa shape index (κ2) is 5.62. The normalized spacial score (nSPS) is 28.7. The van der Waals surface area contributed by atoms with Crippen LogP contribution in [0.2, 0.25) is 0 Å². The van der Waals surface area contributed by atoms with Gasteiger partial charge >= 0.3 is 0 Å². The van der Waals surface area contributed by atoms with Crippen LogP contribution in [-0.4, -0.2) is 22.5 Å². The van der Waals surface area contributed by atoms with Gasteiger partial charge in [0.1, 0.15) is 5.78 Å². The number of hydrogen-bond donors (Lipinski definition) is 2. The number of hydrogen-bond acceptors (Lipinski definition) is 5. The van der Waals surface area contributed by atoms with Gasteiger partial charge in [-0.15, -0.1) is 0 Å². The van der Waals surface area contributed by atoms with Crippen LogP contribution in [0.1, 0.15) is 50.4 Å². The van der Waals surface area contributed by atoms with E-state index < -0.39 is 27.1 Å². The average molecular weight is 359 g/mol. The van der Waals surface area contributed by atoms with E-state index in [4.69, 9.17) is 0 Å². The highest BCUT2D eigenvalue weighted by atomic mass is 16.6. The Morgan fingerprint density at radius 2 is 1.69 bits per heavy atom. The summed E-state index contributed by atoms with van der Waals surface area (Å²) in [5.74, 6) is -0.856. The lowest BCUT2D eigenvalue weighted by Gasteiger charge is -2.38. The molecule has 26 heavy (non-hydrogen) atoms. The number of fused-ring (bicyclic) bond motifs is 2. The zero-order valence-electron chi connectivity index (χ0n) is 14.9. The van der Waals surface area contributed by atoms with Gasteiger partial charge in [-0.3, -0.25) is 35.3 Å². The largest absolute Gasteiger partial charge is 0.299 e. The fraction of sp³-hybridized carbons (Fsp3) is 0.500. The molecule has 8 heteroatoms. The lowest BCUT2D eigenvalue weighted by atomic mass is 9.64. The van der Waals surface area contributed by atoms with E-state index in [1.807, 2.05) is 20.8 Å². The SMILES string of the molecule is CC12CCC(C(=O)NNC(=O)c3ccc([N+](=O)[O-])cc3)(CC1=O)C2(C)C. The van der Waals surface area contributed by atoms with Gasteiger partial charge in [-0.1, -0.05) is 20.8 Å². The summed E-state index contributed by atoms with van der Waals surface area (Å²) in [7, 11) is 0. The van der Waals surface area contributed by atoms with Crippen molar-refractivity contribution in [3.8, 4) is 0 Å². The molecule has 2 unspecified atom stereocenters. The molecule has 8 nitrogen and oxygen atoms in total. The summed E-state index contributed by atoms with van der Waals surface area (Å²) in [6.07, 6.45) is 1.43. The first kappa shape index (κ1) is 18.0. The molecule has 2 atom stereocenters. The molecule has 2 N–H and O–H groups in total. The topological polar surface area (TPSA) is 118 Å². The number of amides is 2. The predicted molar refractivity (Wildman–Crippen MR) is 91.9 cm³/mol. The van der Waals surface area contributed by atoms with Crippen molar-refractivity contribution in [1.82, 2.24) is 10.9 Å². The summed E-state index contributed by atoms with van der Waals surface area (Å²) in [4.78, 5) is 47.5. The standard InChI is InChI=1S/C18H21N3O5/c1-16(2)17(3)8-9-18(16,10-13(17)22)15(24)20-19-14(23)11-4-6-12(7-5-11)21(25)26/h4-7H,8-10H2,1-3H3,(H,19,23)(H,20,24). The molecular formula is C18H21N3O5. The number of hydrazine groups is 1. The maximum absolute atomic E-state index is 12.8. The minimum Gasteiger partial charge on any atom is -0.299 e. The number of nitrogens with zero attached hydrogens (tertiary/aromatic N) is 1. The van der Waals surface area contributed by atoms with E-state index in [2.05, 4.69) is 10.9 Å². The minimum atomic E-state index is -0.832. The maximum atomic E-state index is 12.8. The summed E-state index contributed by atoms with van der Waals surface area (Å²) in [5, 5.41) is 10.7. The van der Waals surface area contributed by atoms with Crippen molar-refractivity contribution in [2.45, 2.75) is 40.0 Å². The Hall–Kier alpha value is -2.77. The smallest absolute Gasteiger partial charge is 0.269 e. The fourth-order valence-electron chi connectivity index (χ4n) is 4.40. The van der Waals surface area contributed by atoms with Crippen molar-refractivity contribution in [3.05, 3.63) is 39.9 Å². The average Bonchev–Trinajstić information content (AvgIpc) is 2.89. The molecule has 0 saturated heterocycles. The Labute approximate surface area is 150 Å². The quantitative estimate of drug-likeness (QED) is 0.633. The molecule has 0 aliphatic heterocycles. The third kappa shape index (κ3) is 2.24. The van der Waals surface area contributed by atoms with Gasteiger partial charge in [-0.25, -0.2) is 0 Å².